The van der Waals surface area contributed by atoms with Crippen LogP contribution in [0.5, 0.6) is 0 Å². The van der Waals surface area contributed by atoms with E-state index in [1.165, 1.54) is 0 Å². The molecule has 140 valence electrons. The van der Waals surface area contributed by atoms with Crippen molar-refractivity contribution in [3.63, 3.8) is 0 Å². The van der Waals surface area contributed by atoms with Crippen molar-refractivity contribution in [1.82, 2.24) is 20.2 Å². The van der Waals surface area contributed by atoms with Crippen LogP contribution in [0.15, 0.2) is 24.3 Å². The molecule has 2 aromatic rings. The summed E-state index contributed by atoms with van der Waals surface area (Å²) in [6, 6.07) is 7.63. The minimum atomic E-state index is -1.13. The predicted octanol–water partition coefficient (Wildman–Crippen LogP) is 1.94. The quantitative estimate of drug-likeness (QED) is 0.771. The van der Waals surface area contributed by atoms with Crippen LogP contribution in [0.2, 0.25) is 0 Å². The maximum absolute atomic E-state index is 13.2. The third kappa shape index (κ3) is 3.72. The first-order valence-corrected chi connectivity index (χ1v) is 9.09. The van der Waals surface area contributed by atoms with Crippen molar-refractivity contribution in [3.05, 3.63) is 30.1 Å². The third-order valence-corrected chi connectivity index (χ3v) is 4.64. The number of rotatable bonds is 6. The standard InChI is InChI=1S/C19H26N4O3/c1-13(2)26-16(24)12-20-19(3,18(25)23-10-6-7-11-23)17-21-14-8-4-5-9-15(14)22-17/h4-5,8-9,13,20H,6-7,10-12H2,1-3H3,(H,21,22). The van der Waals surface area contributed by atoms with E-state index in [0.29, 0.717) is 5.82 Å². The molecular formula is C19H26N4O3. The summed E-state index contributed by atoms with van der Waals surface area (Å²) in [7, 11) is 0. The van der Waals surface area contributed by atoms with Gasteiger partial charge in [0.15, 0.2) is 5.54 Å². The summed E-state index contributed by atoms with van der Waals surface area (Å²) in [4.78, 5) is 34.9. The normalized spacial score (nSPS) is 16.8. The van der Waals surface area contributed by atoms with Gasteiger partial charge >= 0.3 is 5.97 Å². The second-order valence-electron chi connectivity index (χ2n) is 7.12. The molecule has 2 N–H and O–H groups in total. The third-order valence-electron chi connectivity index (χ3n) is 4.64. The van der Waals surface area contributed by atoms with Crippen LogP contribution < -0.4 is 5.32 Å². The second kappa shape index (κ2) is 7.45. The first-order valence-electron chi connectivity index (χ1n) is 9.09. The number of carbonyl (C=O) groups is 2. The molecule has 1 fully saturated rings. The van der Waals surface area contributed by atoms with Gasteiger partial charge in [-0.3, -0.25) is 14.9 Å². The van der Waals surface area contributed by atoms with Crippen molar-refractivity contribution in [2.75, 3.05) is 19.6 Å². The number of aromatic nitrogens is 2. The average molecular weight is 358 g/mol. The zero-order valence-corrected chi connectivity index (χ0v) is 15.5. The number of nitrogens with one attached hydrogen (secondary N) is 2. The molecule has 0 radical (unpaired) electrons. The molecule has 1 amide bonds. The molecule has 1 atom stereocenters. The fourth-order valence-corrected chi connectivity index (χ4v) is 3.24. The summed E-state index contributed by atoms with van der Waals surface area (Å²) in [5, 5.41) is 3.10. The highest BCUT2D eigenvalue weighted by atomic mass is 16.5. The number of para-hydroxylation sites is 2. The van der Waals surface area contributed by atoms with Crippen molar-refractivity contribution in [1.29, 1.82) is 0 Å². The first-order chi connectivity index (χ1) is 12.4. The molecule has 0 aliphatic carbocycles. The number of hydrogen-bond acceptors (Lipinski definition) is 5. The smallest absolute Gasteiger partial charge is 0.320 e. The number of benzene rings is 1. The molecule has 26 heavy (non-hydrogen) atoms. The number of fused-ring (bicyclic) bond motifs is 1. The Bertz CT molecular complexity index is 762. The Hall–Kier alpha value is -2.41. The van der Waals surface area contributed by atoms with Gasteiger partial charge in [-0.2, -0.15) is 0 Å². The zero-order chi connectivity index (χ0) is 18.7. The zero-order valence-electron chi connectivity index (χ0n) is 15.5. The van der Waals surface area contributed by atoms with E-state index < -0.39 is 11.5 Å². The minimum absolute atomic E-state index is 0.0642. The van der Waals surface area contributed by atoms with Gasteiger partial charge in [0.2, 0.25) is 5.91 Å². The van der Waals surface area contributed by atoms with Crippen LogP contribution in [0.1, 0.15) is 39.4 Å². The Balaban J connectivity index is 1.89. The number of amides is 1. The van der Waals surface area contributed by atoms with E-state index in [0.717, 1.165) is 37.0 Å². The van der Waals surface area contributed by atoms with Crippen LogP contribution >= 0.6 is 0 Å². The molecule has 7 heteroatoms. The molecule has 1 aliphatic rings. The number of H-pyrrole nitrogens is 1. The van der Waals surface area contributed by atoms with Gasteiger partial charge in [0.25, 0.3) is 0 Å². The van der Waals surface area contributed by atoms with E-state index in [-0.39, 0.29) is 18.6 Å². The van der Waals surface area contributed by atoms with Crippen LogP contribution in [-0.4, -0.2) is 52.5 Å². The van der Waals surface area contributed by atoms with Gasteiger partial charge in [0.1, 0.15) is 5.82 Å². The SMILES string of the molecule is CC(C)OC(=O)CNC(C)(C(=O)N1CCCC1)c1nc2ccccc2[nH]1. The van der Waals surface area contributed by atoms with Gasteiger partial charge in [0, 0.05) is 13.1 Å². The van der Waals surface area contributed by atoms with Crippen molar-refractivity contribution in [2.24, 2.45) is 0 Å². The van der Waals surface area contributed by atoms with Crippen LogP contribution in [0, 0.1) is 0 Å². The Morgan fingerprint density at radius 1 is 1.31 bits per heavy atom. The van der Waals surface area contributed by atoms with E-state index in [9.17, 15) is 9.59 Å². The number of carbonyl (C=O) groups excluding carboxylic acids is 2. The number of esters is 1. The fraction of sp³-hybridized carbons (Fsp3) is 0.526. The Labute approximate surface area is 153 Å². The molecular weight excluding hydrogens is 332 g/mol. The Kier molecular flexibility index (Phi) is 5.27. The summed E-state index contributed by atoms with van der Waals surface area (Å²) >= 11 is 0. The Morgan fingerprint density at radius 2 is 2.00 bits per heavy atom. The Morgan fingerprint density at radius 3 is 2.65 bits per heavy atom. The molecule has 3 rings (SSSR count). The number of hydrogen-bond donors (Lipinski definition) is 2. The van der Waals surface area contributed by atoms with E-state index in [1.807, 2.05) is 29.2 Å². The number of ether oxygens (including phenoxy) is 1. The van der Waals surface area contributed by atoms with Gasteiger partial charge in [-0.25, -0.2) is 4.98 Å². The molecule has 2 heterocycles. The van der Waals surface area contributed by atoms with Gasteiger partial charge in [-0.1, -0.05) is 12.1 Å². The summed E-state index contributed by atoms with van der Waals surface area (Å²) < 4.78 is 5.19. The highest BCUT2D eigenvalue weighted by molar-refractivity contribution is 5.88. The first kappa shape index (κ1) is 18.4. The average Bonchev–Trinajstić information content (AvgIpc) is 3.27. The van der Waals surface area contributed by atoms with Gasteiger partial charge in [-0.05, 0) is 45.7 Å². The predicted molar refractivity (Wildman–Crippen MR) is 98.5 cm³/mol. The van der Waals surface area contributed by atoms with E-state index in [4.69, 9.17) is 4.74 Å². The lowest BCUT2D eigenvalue weighted by Gasteiger charge is -2.31. The molecule has 7 nitrogen and oxygen atoms in total. The number of nitrogens with zero attached hydrogens (tertiary/aromatic N) is 2. The lowest BCUT2D eigenvalue weighted by Crippen LogP contribution is -2.55. The molecule has 0 saturated carbocycles. The molecule has 1 unspecified atom stereocenters. The van der Waals surface area contributed by atoms with Crippen LogP contribution in [0.4, 0.5) is 0 Å². The summed E-state index contributed by atoms with van der Waals surface area (Å²) in [6.07, 6.45) is 1.80. The summed E-state index contributed by atoms with van der Waals surface area (Å²) in [5.74, 6) is 0.0379. The number of aromatic amines is 1. The van der Waals surface area contributed by atoms with E-state index in [1.54, 1.807) is 20.8 Å². The topological polar surface area (TPSA) is 87.3 Å². The number of likely N-dealkylation sites (tertiary alicyclic amines) is 1. The van der Waals surface area contributed by atoms with Crippen LogP contribution in [0.3, 0.4) is 0 Å². The summed E-state index contributed by atoms with van der Waals surface area (Å²) in [6.45, 7) is 6.76. The molecule has 0 bridgehead atoms. The fourth-order valence-electron chi connectivity index (χ4n) is 3.24. The molecule has 1 aliphatic heterocycles. The molecule has 1 aromatic carbocycles. The second-order valence-corrected chi connectivity index (χ2v) is 7.12. The van der Waals surface area contributed by atoms with E-state index in [2.05, 4.69) is 15.3 Å². The van der Waals surface area contributed by atoms with Gasteiger partial charge in [0.05, 0.1) is 23.7 Å². The van der Waals surface area contributed by atoms with Crippen LogP contribution in [-0.2, 0) is 19.9 Å². The molecule has 1 saturated heterocycles. The largest absolute Gasteiger partial charge is 0.462 e. The highest BCUT2D eigenvalue weighted by Crippen LogP contribution is 2.25. The lowest BCUT2D eigenvalue weighted by atomic mass is 9.99. The van der Waals surface area contributed by atoms with Crippen molar-refractivity contribution in [2.45, 2.75) is 45.3 Å². The van der Waals surface area contributed by atoms with Crippen molar-refractivity contribution < 1.29 is 14.3 Å². The monoisotopic (exact) mass is 358 g/mol. The lowest BCUT2D eigenvalue weighted by molar-refractivity contribution is -0.147. The van der Waals surface area contributed by atoms with Gasteiger partial charge in [-0.15, -0.1) is 0 Å². The maximum Gasteiger partial charge on any atom is 0.320 e. The minimum Gasteiger partial charge on any atom is -0.462 e. The van der Waals surface area contributed by atoms with Crippen molar-refractivity contribution >= 4 is 22.9 Å². The van der Waals surface area contributed by atoms with Gasteiger partial charge < -0.3 is 14.6 Å². The number of imidazole rings is 1. The summed E-state index contributed by atoms with van der Waals surface area (Å²) in [5.41, 5.74) is 0.517. The maximum atomic E-state index is 13.2. The molecule has 1 aromatic heterocycles. The van der Waals surface area contributed by atoms with Crippen LogP contribution in [0.25, 0.3) is 11.0 Å². The van der Waals surface area contributed by atoms with Crippen molar-refractivity contribution in [3.8, 4) is 0 Å². The van der Waals surface area contributed by atoms with E-state index >= 15 is 0 Å². The highest BCUT2D eigenvalue weighted by Gasteiger charge is 2.42. The molecule has 0 spiro atoms.